The first-order chi connectivity index (χ1) is 9.11. The molecule has 2 rings (SSSR count). The zero-order valence-electron chi connectivity index (χ0n) is 10.7. The van der Waals surface area contributed by atoms with Gasteiger partial charge in [0.05, 0.1) is 11.4 Å². The van der Waals surface area contributed by atoms with Crippen molar-refractivity contribution in [2.24, 2.45) is 0 Å². The molecule has 0 spiro atoms. The van der Waals surface area contributed by atoms with E-state index in [-0.39, 0.29) is 11.6 Å². The monoisotopic (exact) mass is 279 g/mol. The van der Waals surface area contributed by atoms with Crippen LogP contribution in [0.5, 0.6) is 0 Å². The summed E-state index contributed by atoms with van der Waals surface area (Å²) in [6.07, 6.45) is 1.24. The Morgan fingerprint density at radius 3 is 2.84 bits per heavy atom. The van der Waals surface area contributed by atoms with Crippen molar-refractivity contribution in [3.05, 3.63) is 41.1 Å². The van der Waals surface area contributed by atoms with E-state index in [2.05, 4.69) is 15.6 Å². The molecule has 2 aromatic rings. The van der Waals surface area contributed by atoms with Crippen molar-refractivity contribution < 1.29 is 9.21 Å². The lowest BCUT2D eigenvalue weighted by atomic mass is 10.2. The minimum atomic E-state index is -0.326. The molecule has 0 saturated carbocycles. The highest BCUT2D eigenvalue weighted by molar-refractivity contribution is 6.31. The highest BCUT2D eigenvalue weighted by Gasteiger charge is 2.15. The first-order valence-electron chi connectivity index (χ1n) is 5.86. The third-order valence-corrected chi connectivity index (χ3v) is 2.79. The smallest absolute Gasteiger partial charge is 0.277 e. The SMILES string of the molecule is CCNc1ccc(Cl)cc1NC(=O)c1ncoc1C. The van der Waals surface area contributed by atoms with E-state index in [9.17, 15) is 4.79 Å². The zero-order chi connectivity index (χ0) is 13.8. The van der Waals surface area contributed by atoms with E-state index in [4.69, 9.17) is 16.0 Å². The maximum atomic E-state index is 12.1. The van der Waals surface area contributed by atoms with Gasteiger partial charge >= 0.3 is 0 Å². The van der Waals surface area contributed by atoms with Crippen molar-refractivity contribution in [1.29, 1.82) is 0 Å². The molecule has 0 saturated heterocycles. The largest absolute Gasteiger partial charge is 0.448 e. The first-order valence-corrected chi connectivity index (χ1v) is 6.24. The van der Waals surface area contributed by atoms with Gasteiger partial charge < -0.3 is 15.1 Å². The highest BCUT2D eigenvalue weighted by Crippen LogP contribution is 2.26. The van der Waals surface area contributed by atoms with Crippen LogP contribution >= 0.6 is 11.6 Å². The lowest BCUT2D eigenvalue weighted by molar-refractivity contribution is 0.102. The Bertz CT molecular complexity index is 595. The lowest BCUT2D eigenvalue weighted by Gasteiger charge is -2.11. The molecule has 0 fully saturated rings. The number of nitrogens with zero attached hydrogens (tertiary/aromatic N) is 1. The molecule has 1 heterocycles. The number of benzene rings is 1. The number of hydrogen-bond acceptors (Lipinski definition) is 4. The average molecular weight is 280 g/mol. The Kier molecular flexibility index (Phi) is 4.06. The molecule has 5 nitrogen and oxygen atoms in total. The van der Waals surface area contributed by atoms with Gasteiger partial charge in [-0.15, -0.1) is 0 Å². The second-order valence-corrected chi connectivity index (χ2v) is 4.37. The molecule has 19 heavy (non-hydrogen) atoms. The lowest BCUT2D eigenvalue weighted by Crippen LogP contribution is -2.15. The second kappa shape index (κ2) is 5.75. The van der Waals surface area contributed by atoms with E-state index in [1.165, 1.54) is 6.39 Å². The maximum Gasteiger partial charge on any atom is 0.277 e. The summed E-state index contributed by atoms with van der Waals surface area (Å²) in [5.74, 6) is 0.150. The predicted octanol–water partition coefficient (Wildman–Crippen LogP) is 3.32. The first kappa shape index (κ1) is 13.4. The second-order valence-electron chi connectivity index (χ2n) is 3.93. The number of carbonyl (C=O) groups is 1. The Balaban J connectivity index is 2.25. The third-order valence-electron chi connectivity index (χ3n) is 2.56. The highest BCUT2D eigenvalue weighted by atomic mass is 35.5. The summed E-state index contributed by atoms with van der Waals surface area (Å²) >= 11 is 5.94. The molecule has 1 amide bonds. The van der Waals surface area contributed by atoms with Crippen LogP contribution in [0.1, 0.15) is 23.2 Å². The Hall–Kier alpha value is -2.01. The number of anilines is 2. The van der Waals surface area contributed by atoms with Gasteiger partial charge in [-0.1, -0.05) is 11.6 Å². The minimum absolute atomic E-state index is 0.266. The molecule has 0 aliphatic heterocycles. The van der Waals surface area contributed by atoms with Gasteiger partial charge in [-0.05, 0) is 32.0 Å². The molecule has 2 N–H and O–H groups in total. The van der Waals surface area contributed by atoms with E-state index in [1.807, 2.05) is 13.0 Å². The quantitative estimate of drug-likeness (QED) is 0.901. The maximum absolute atomic E-state index is 12.1. The van der Waals surface area contributed by atoms with Crippen LogP contribution in [-0.4, -0.2) is 17.4 Å². The standard InChI is InChI=1S/C13H14ClN3O2/c1-3-15-10-5-4-9(14)6-11(10)17-13(18)12-8(2)19-7-16-12/h4-7,15H,3H2,1-2H3,(H,17,18). The van der Waals surface area contributed by atoms with E-state index in [0.29, 0.717) is 16.5 Å². The molecular weight excluding hydrogens is 266 g/mol. The molecular formula is C13H14ClN3O2. The van der Waals surface area contributed by atoms with Gasteiger partial charge in [0.15, 0.2) is 12.1 Å². The van der Waals surface area contributed by atoms with E-state index < -0.39 is 0 Å². The van der Waals surface area contributed by atoms with Gasteiger partial charge in [0, 0.05) is 11.6 Å². The van der Waals surface area contributed by atoms with Gasteiger partial charge in [-0.3, -0.25) is 4.79 Å². The van der Waals surface area contributed by atoms with Crippen molar-refractivity contribution in [3.8, 4) is 0 Å². The van der Waals surface area contributed by atoms with Crippen molar-refractivity contribution in [2.45, 2.75) is 13.8 Å². The minimum Gasteiger partial charge on any atom is -0.448 e. The van der Waals surface area contributed by atoms with Crippen LogP contribution in [0.4, 0.5) is 11.4 Å². The van der Waals surface area contributed by atoms with Crippen LogP contribution in [0, 0.1) is 6.92 Å². The molecule has 1 aromatic carbocycles. The molecule has 0 unspecified atom stereocenters. The fourth-order valence-corrected chi connectivity index (χ4v) is 1.84. The number of rotatable bonds is 4. The molecule has 6 heteroatoms. The van der Waals surface area contributed by atoms with Gasteiger partial charge in [0.25, 0.3) is 5.91 Å². The number of aromatic nitrogens is 1. The summed E-state index contributed by atoms with van der Waals surface area (Å²) < 4.78 is 5.01. The Morgan fingerprint density at radius 1 is 1.42 bits per heavy atom. The number of aryl methyl sites for hydroxylation is 1. The van der Waals surface area contributed by atoms with E-state index in [1.54, 1.807) is 19.1 Å². The van der Waals surface area contributed by atoms with Gasteiger partial charge in [0.2, 0.25) is 0 Å². The van der Waals surface area contributed by atoms with Crippen LogP contribution in [0.3, 0.4) is 0 Å². The fraction of sp³-hybridized carbons (Fsp3) is 0.231. The molecule has 0 radical (unpaired) electrons. The Labute approximate surface area is 116 Å². The Morgan fingerprint density at radius 2 is 2.21 bits per heavy atom. The molecule has 1 aromatic heterocycles. The number of oxazole rings is 1. The zero-order valence-corrected chi connectivity index (χ0v) is 11.4. The summed E-state index contributed by atoms with van der Waals surface area (Å²) in [7, 11) is 0. The fourth-order valence-electron chi connectivity index (χ4n) is 1.67. The summed E-state index contributed by atoms with van der Waals surface area (Å²) in [6.45, 7) is 4.40. The van der Waals surface area contributed by atoms with Gasteiger partial charge in [-0.2, -0.15) is 0 Å². The number of carbonyl (C=O) groups excluding carboxylic acids is 1. The van der Waals surface area contributed by atoms with Gasteiger partial charge in [-0.25, -0.2) is 4.98 Å². The third kappa shape index (κ3) is 3.06. The van der Waals surface area contributed by atoms with Crippen LogP contribution in [-0.2, 0) is 0 Å². The summed E-state index contributed by atoms with van der Waals surface area (Å²) in [6, 6.07) is 5.26. The molecule has 0 aliphatic carbocycles. The van der Waals surface area contributed by atoms with Crippen molar-refractivity contribution in [2.75, 3.05) is 17.2 Å². The van der Waals surface area contributed by atoms with Crippen LogP contribution in [0.25, 0.3) is 0 Å². The summed E-state index contributed by atoms with van der Waals surface area (Å²) in [5, 5.41) is 6.47. The van der Waals surface area contributed by atoms with E-state index in [0.717, 1.165) is 12.2 Å². The topological polar surface area (TPSA) is 67.2 Å². The van der Waals surface area contributed by atoms with Crippen LogP contribution in [0.15, 0.2) is 29.0 Å². The molecule has 0 bridgehead atoms. The van der Waals surface area contributed by atoms with Crippen molar-refractivity contribution >= 4 is 28.9 Å². The number of halogens is 1. The number of hydrogen-bond donors (Lipinski definition) is 2. The predicted molar refractivity (Wildman–Crippen MR) is 74.8 cm³/mol. The van der Waals surface area contributed by atoms with Gasteiger partial charge in [0.1, 0.15) is 5.76 Å². The molecule has 100 valence electrons. The van der Waals surface area contributed by atoms with Crippen molar-refractivity contribution in [1.82, 2.24) is 4.98 Å². The number of nitrogens with one attached hydrogen (secondary N) is 2. The summed E-state index contributed by atoms with van der Waals surface area (Å²) in [4.78, 5) is 15.9. The van der Waals surface area contributed by atoms with Crippen molar-refractivity contribution in [3.63, 3.8) is 0 Å². The number of amides is 1. The van der Waals surface area contributed by atoms with Crippen LogP contribution in [0.2, 0.25) is 5.02 Å². The average Bonchev–Trinajstić information content (AvgIpc) is 2.79. The normalized spacial score (nSPS) is 10.3. The molecule has 0 atom stereocenters. The van der Waals surface area contributed by atoms with E-state index >= 15 is 0 Å². The molecule has 0 aliphatic rings. The van der Waals surface area contributed by atoms with Crippen LogP contribution < -0.4 is 10.6 Å². The summed E-state index contributed by atoms with van der Waals surface area (Å²) in [5.41, 5.74) is 1.69.